The maximum atomic E-state index is 13.5. The first kappa shape index (κ1) is 23.0. The number of fused-ring (bicyclic) bond motifs is 2. The fourth-order valence-electron chi connectivity index (χ4n) is 4.66. The molecule has 1 heterocycles. The molecule has 3 rings (SSSR count). The highest BCUT2D eigenvalue weighted by Crippen LogP contribution is 2.42. The van der Waals surface area contributed by atoms with E-state index >= 15 is 0 Å². The zero-order valence-corrected chi connectivity index (χ0v) is 16.6. The van der Waals surface area contributed by atoms with Gasteiger partial charge in [-0.25, -0.2) is 4.98 Å². The molecule has 0 spiro atoms. The summed E-state index contributed by atoms with van der Waals surface area (Å²) in [6.07, 6.45) is 1.47. The maximum absolute atomic E-state index is 13.5. The van der Waals surface area contributed by atoms with Crippen molar-refractivity contribution < 1.29 is 23.1 Å². The Morgan fingerprint density at radius 2 is 1.96 bits per heavy atom. The van der Waals surface area contributed by atoms with Crippen molar-refractivity contribution >= 4 is 18.3 Å². The lowest BCUT2D eigenvalue weighted by Gasteiger charge is -2.43. The van der Waals surface area contributed by atoms with Crippen LogP contribution < -0.4 is 11.1 Å². The van der Waals surface area contributed by atoms with E-state index < -0.39 is 24.0 Å². The molecule has 3 unspecified atom stereocenters. The largest absolute Gasteiger partial charge is 0.424 e. The van der Waals surface area contributed by atoms with Gasteiger partial charge in [0.2, 0.25) is 11.5 Å². The normalized spacial score (nSPS) is 29.5. The van der Waals surface area contributed by atoms with Gasteiger partial charge in [-0.05, 0) is 37.5 Å². The van der Waals surface area contributed by atoms with Gasteiger partial charge in [0, 0.05) is 44.4 Å². The molecule has 1 amide bonds. The molecule has 2 aliphatic carbocycles. The van der Waals surface area contributed by atoms with E-state index in [2.05, 4.69) is 10.3 Å². The van der Waals surface area contributed by atoms with E-state index in [0.717, 1.165) is 23.8 Å². The molecule has 0 aromatic carbocycles. The van der Waals surface area contributed by atoms with Crippen LogP contribution in [0.2, 0.25) is 0 Å². The van der Waals surface area contributed by atoms with Crippen LogP contribution in [0.15, 0.2) is 12.4 Å². The van der Waals surface area contributed by atoms with Crippen molar-refractivity contribution in [2.75, 3.05) is 6.54 Å². The molecule has 2 fully saturated rings. The van der Waals surface area contributed by atoms with Gasteiger partial charge in [-0.3, -0.25) is 4.79 Å². The summed E-state index contributed by atoms with van der Waals surface area (Å²) in [6.45, 7) is -0.278. The third-order valence-corrected chi connectivity index (χ3v) is 6.23. The fourth-order valence-corrected chi connectivity index (χ4v) is 4.66. The summed E-state index contributed by atoms with van der Waals surface area (Å²) in [6, 6.07) is 0.126. The van der Waals surface area contributed by atoms with Crippen LogP contribution in [0.1, 0.15) is 44.3 Å². The highest BCUT2D eigenvalue weighted by atomic mass is 35.5. The van der Waals surface area contributed by atoms with Gasteiger partial charge in [-0.2, -0.15) is 13.2 Å². The summed E-state index contributed by atoms with van der Waals surface area (Å²) >= 11 is 0. The Morgan fingerprint density at radius 3 is 2.46 bits per heavy atom. The average molecular weight is 425 g/mol. The summed E-state index contributed by atoms with van der Waals surface area (Å²) in [7, 11) is 1.39. The molecule has 0 saturated heterocycles. The van der Waals surface area contributed by atoms with Gasteiger partial charge in [0.05, 0.1) is 0 Å². The quantitative estimate of drug-likeness (QED) is 0.675. The number of nitrogens with one attached hydrogen (secondary N) is 1. The lowest BCUT2D eigenvalue weighted by Crippen LogP contribution is -2.50. The number of aromatic nitrogens is 2. The maximum Gasteiger partial charge on any atom is 0.424 e. The van der Waals surface area contributed by atoms with Gasteiger partial charge in [0.15, 0.2) is 0 Å². The molecule has 6 nitrogen and oxygen atoms in total. The Kier molecular flexibility index (Phi) is 7.04. The minimum atomic E-state index is -4.90. The molecule has 0 aliphatic heterocycles. The monoisotopic (exact) mass is 424 g/mol. The van der Waals surface area contributed by atoms with E-state index in [-0.39, 0.29) is 36.8 Å². The van der Waals surface area contributed by atoms with Gasteiger partial charge >= 0.3 is 6.18 Å². The number of hydrogen-bond donors (Lipinski definition) is 3. The van der Waals surface area contributed by atoms with Crippen LogP contribution in [0.3, 0.4) is 0 Å². The predicted octanol–water partition coefficient (Wildman–Crippen LogP) is 2.25. The molecule has 160 valence electrons. The summed E-state index contributed by atoms with van der Waals surface area (Å²) in [5, 5.41) is 12.9. The topological polar surface area (TPSA) is 93.2 Å². The molecule has 2 aliphatic rings. The molecular weight excluding hydrogens is 397 g/mol. The minimum absolute atomic E-state index is 0. The SMILES string of the molecule is Cl.Cn1ccnc1C(O)(CCNC(=O)C1CC2CCCC(C1)C2N)C(F)(F)F. The molecule has 3 atom stereocenters. The van der Waals surface area contributed by atoms with Gasteiger partial charge in [0.25, 0.3) is 0 Å². The molecule has 1 aromatic heterocycles. The van der Waals surface area contributed by atoms with Crippen molar-refractivity contribution in [1.29, 1.82) is 0 Å². The molecule has 1 aromatic rings. The number of carbonyl (C=O) groups excluding carboxylic acids is 1. The molecule has 10 heteroatoms. The highest BCUT2D eigenvalue weighted by Gasteiger charge is 2.57. The summed E-state index contributed by atoms with van der Waals surface area (Å²) in [4.78, 5) is 16.1. The third kappa shape index (κ3) is 4.31. The van der Waals surface area contributed by atoms with E-state index in [1.54, 1.807) is 0 Å². The fraction of sp³-hybridized carbons (Fsp3) is 0.778. The summed E-state index contributed by atoms with van der Waals surface area (Å²) in [5.74, 6) is -0.321. The Morgan fingerprint density at radius 1 is 1.36 bits per heavy atom. The molecule has 0 radical (unpaired) electrons. The smallest absolute Gasteiger partial charge is 0.374 e. The first-order valence-corrected chi connectivity index (χ1v) is 9.43. The van der Waals surface area contributed by atoms with Crippen LogP contribution in [0.25, 0.3) is 0 Å². The van der Waals surface area contributed by atoms with Crippen LogP contribution in [0, 0.1) is 17.8 Å². The number of nitrogens with zero attached hydrogens (tertiary/aromatic N) is 2. The van der Waals surface area contributed by atoms with Crippen LogP contribution in [0.4, 0.5) is 13.2 Å². The number of rotatable bonds is 5. The number of aliphatic hydroxyl groups is 1. The van der Waals surface area contributed by atoms with Crippen molar-refractivity contribution in [3.63, 3.8) is 0 Å². The Labute approximate surface area is 168 Å². The van der Waals surface area contributed by atoms with Crippen molar-refractivity contribution in [2.24, 2.45) is 30.5 Å². The first-order chi connectivity index (χ1) is 12.6. The second kappa shape index (κ2) is 8.59. The zero-order chi connectivity index (χ0) is 19.8. The first-order valence-electron chi connectivity index (χ1n) is 9.43. The summed E-state index contributed by atoms with van der Waals surface area (Å²) in [5.41, 5.74) is 3.11. The number of halogens is 4. The van der Waals surface area contributed by atoms with Gasteiger partial charge in [0.1, 0.15) is 5.82 Å². The van der Waals surface area contributed by atoms with Crippen molar-refractivity contribution in [3.8, 4) is 0 Å². The standard InChI is InChI=1S/C18H27F3N4O2.ClH/c1-25-8-7-24-16(25)17(27,18(19,20)21)5-6-23-15(26)13-9-11-3-2-4-12(10-13)14(11)22;/h7-8,11-14,27H,2-6,9-10,22H2,1H3,(H,23,26);1H. The number of carbonyl (C=O) groups is 1. The van der Waals surface area contributed by atoms with Crippen LogP contribution >= 0.6 is 12.4 Å². The van der Waals surface area contributed by atoms with E-state index in [0.29, 0.717) is 24.7 Å². The van der Waals surface area contributed by atoms with Gasteiger partial charge < -0.3 is 20.7 Å². The Balaban J connectivity index is 0.00000280. The van der Waals surface area contributed by atoms with Crippen LogP contribution in [-0.4, -0.2) is 39.3 Å². The number of imidazole rings is 1. The molecule has 28 heavy (non-hydrogen) atoms. The van der Waals surface area contributed by atoms with Crippen molar-refractivity contribution in [1.82, 2.24) is 14.9 Å². The highest BCUT2D eigenvalue weighted by molar-refractivity contribution is 5.85. The molecule has 4 N–H and O–H groups in total. The van der Waals surface area contributed by atoms with Crippen molar-refractivity contribution in [2.45, 2.75) is 56.3 Å². The van der Waals surface area contributed by atoms with Gasteiger partial charge in [-0.15, -0.1) is 12.4 Å². The Bertz CT molecular complexity index is 670. The predicted molar refractivity (Wildman–Crippen MR) is 99.6 cm³/mol. The lowest BCUT2D eigenvalue weighted by atomic mass is 9.65. The molecule has 2 bridgehead atoms. The number of alkyl halides is 3. The zero-order valence-electron chi connectivity index (χ0n) is 15.8. The van der Waals surface area contributed by atoms with Crippen LogP contribution in [-0.2, 0) is 17.4 Å². The van der Waals surface area contributed by atoms with Gasteiger partial charge in [-0.1, -0.05) is 6.42 Å². The second-order valence-corrected chi connectivity index (χ2v) is 7.96. The Hall–Kier alpha value is -1.32. The minimum Gasteiger partial charge on any atom is -0.374 e. The number of nitrogens with two attached hydrogens (primary N) is 1. The van der Waals surface area contributed by atoms with Crippen molar-refractivity contribution in [3.05, 3.63) is 18.2 Å². The third-order valence-electron chi connectivity index (χ3n) is 6.23. The van der Waals surface area contributed by atoms with E-state index in [9.17, 15) is 23.1 Å². The molecule has 2 saturated carbocycles. The molecular formula is C18H28ClF3N4O2. The van der Waals surface area contributed by atoms with E-state index in [1.165, 1.54) is 19.4 Å². The average Bonchev–Trinajstić information content (AvgIpc) is 2.99. The summed E-state index contributed by atoms with van der Waals surface area (Å²) < 4.78 is 41.6. The number of amides is 1. The van der Waals surface area contributed by atoms with E-state index in [1.807, 2.05) is 0 Å². The van der Waals surface area contributed by atoms with Crippen LogP contribution in [0.5, 0.6) is 0 Å². The van der Waals surface area contributed by atoms with E-state index in [4.69, 9.17) is 5.73 Å². The lowest BCUT2D eigenvalue weighted by molar-refractivity contribution is -0.272. The second-order valence-electron chi connectivity index (χ2n) is 7.96. The number of hydrogen-bond acceptors (Lipinski definition) is 4. The number of aryl methyl sites for hydroxylation is 1.